The molecule has 0 saturated carbocycles. The predicted molar refractivity (Wildman–Crippen MR) is 76.0 cm³/mol. The van der Waals surface area contributed by atoms with Crippen LogP contribution in [-0.2, 0) is 4.79 Å². The Morgan fingerprint density at radius 3 is 2.84 bits per heavy atom. The quantitative estimate of drug-likeness (QED) is 0.791. The van der Waals surface area contributed by atoms with Gasteiger partial charge >= 0.3 is 0 Å². The SMILES string of the molecule is COc1ncccc1NC(=O)C[C@@H](CN)CC(C)C. The minimum Gasteiger partial charge on any atom is -0.480 e. The Morgan fingerprint density at radius 2 is 2.26 bits per heavy atom. The lowest BCUT2D eigenvalue weighted by Gasteiger charge is -2.17. The van der Waals surface area contributed by atoms with Crippen LogP contribution in [0.3, 0.4) is 0 Å². The smallest absolute Gasteiger partial charge is 0.237 e. The van der Waals surface area contributed by atoms with Crippen LogP contribution in [0.4, 0.5) is 5.69 Å². The van der Waals surface area contributed by atoms with Crippen LogP contribution in [-0.4, -0.2) is 24.5 Å². The van der Waals surface area contributed by atoms with Crippen molar-refractivity contribution < 1.29 is 9.53 Å². The third-order valence-electron chi connectivity index (χ3n) is 2.85. The van der Waals surface area contributed by atoms with Crippen LogP contribution in [0.2, 0.25) is 0 Å². The first-order valence-electron chi connectivity index (χ1n) is 6.55. The van der Waals surface area contributed by atoms with Gasteiger partial charge in [-0.15, -0.1) is 0 Å². The summed E-state index contributed by atoms with van der Waals surface area (Å²) >= 11 is 0. The molecule has 1 aromatic rings. The average molecular weight is 265 g/mol. The molecule has 0 aliphatic carbocycles. The van der Waals surface area contributed by atoms with E-state index in [9.17, 15) is 4.79 Å². The summed E-state index contributed by atoms with van der Waals surface area (Å²) in [6, 6.07) is 3.52. The van der Waals surface area contributed by atoms with E-state index in [4.69, 9.17) is 10.5 Å². The predicted octanol–water partition coefficient (Wildman–Crippen LogP) is 2.04. The van der Waals surface area contributed by atoms with E-state index < -0.39 is 0 Å². The zero-order chi connectivity index (χ0) is 14.3. The molecule has 106 valence electrons. The van der Waals surface area contributed by atoms with E-state index in [1.165, 1.54) is 7.11 Å². The zero-order valence-corrected chi connectivity index (χ0v) is 11.8. The molecule has 0 fully saturated rings. The van der Waals surface area contributed by atoms with Crippen molar-refractivity contribution in [3.05, 3.63) is 18.3 Å². The fourth-order valence-corrected chi connectivity index (χ4v) is 2.04. The van der Waals surface area contributed by atoms with E-state index in [2.05, 4.69) is 24.1 Å². The molecule has 0 unspecified atom stereocenters. The summed E-state index contributed by atoms with van der Waals surface area (Å²) in [6.45, 7) is 4.78. The van der Waals surface area contributed by atoms with Gasteiger partial charge in [-0.25, -0.2) is 4.98 Å². The highest BCUT2D eigenvalue weighted by Crippen LogP contribution is 2.21. The third kappa shape index (κ3) is 5.26. The van der Waals surface area contributed by atoms with Crippen molar-refractivity contribution in [3.8, 4) is 5.88 Å². The van der Waals surface area contributed by atoms with Gasteiger partial charge in [0, 0.05) is 12.6 Å². The highest BCUT2D eigenvalue weighted by atomic mass is 16.5. The van der Waals surface area contributed by atoms with Gasteiger partial charge < -0.3 is 15.8 Å². The second-order valence-corrected chi connectivity index (χ2v) is 5.04. The molecular formula is C14H23N3O2. The fourth-order valence-electron chi connectivity index (χ4n) is 2.04. The molecule has 0 aliphatic rings. The van der Waals surface area contributed by atoms with E-state index in [0.717, 1.165) is 6.42 Å². The molecule has 5 heteroatoms. The van der Waals surface area contributed by atoms with Crippen molar-refractivity contribution in [2.24, 2.45) is 17.6 Å². The summed E-state index contributed by atoms with van der Waals surface area (Å²) < 4.78 is 5.09. The van der Waals surface area contributed by atoms with Crippen LogP contribution in [0.5, 0.6) is 5.88 Å². The minimum atomic E-state index is -0.0533. The summed E-state index contributed by atoms with van der Waals surface area (Å²) in [5, 5.41) is 2.82. The lowest BCUT2D eigenvalue weighted by molar-refractivity contribution is -0.117. The first kappa shape index (κ1) is 15.4. The second-order valence-electron chi connectivity index (χ2n) is 5.04. The molecule has 0 radical (unpaired) electrons. The van der Waals surface area contributed by atoms with E-state index in [-0.39, 0.29) is 11.8 Å². The molecular weight excluding hydrogens is 242 g/mol. The minimum absolute atomic E-state index is 0.0533. The van der Waals surface area contributed by atoms with Crippen molar-refractivity contribution in [1.82, 2.24) is 4.98 Å². The molecule has 3 N–H and O–H groups in total. The number of ether oxygens (including phenoxy) is 1. The van der Waals surface area contributed by atoms with Gasteiger partial charge in [-0.1, -0.05) is 13.8 Å². The van der Waals surface area contributed by atoms with E-state index in [1.807, 2.05) is 0 Å². The Hall–Kier alpha value is -1.62. The number of rotatable bonds is 7. The summed E-state index contributed by atoms with van der Waals surface area (Å²) in [6.07, 6.45) is 3.00. The van der Waals surface area contributed by atoms with Crippen molar-refractivity contribution in [2.75, 3.05) is 19.0 Å². The van der Waals surface area contributed by atoms with Crippen molar-refractivity contribution in [1.29, 1.82) is 0 Å². The van der Waals surface area contributed by atoms with Gasteiger partial charge in [0.15, 0.2) is 0 Å². The van der Waals surface area contributed by atoms with E-state index in [1.54, 1.807) is 18.3 Å². The summed E-state index contributed by atoms with van der Waals surface area (Å²) in [4.78, 5) is 16.0. The fraction of sp³-hybridized carbons (Fsp3) is 0.571. The molecule has 1 amide bonds. The number of carbonyl (C=O) groups is 1. The van der Waals surface area contributed by atoms with Gasteiger partial charge in [0.1, 0.15) is 5.69 Å². The summed E-state index contributed by atoms with van der Waals surface area (Å²) in [7, 11) is 1.53. The lowest BCUT2D eigenvalue weighted by Crippen LogP contribution is -2.23. The molecule has 1 atom stereocenters. The van der Waals surface area contributed by atoms with Crippen molar-refractivity contribution >= 4 is 11.6 Å². The normalized spacial score (nSPS) is 12.3. The van der Waals surface area contributed by atoms with Crippen molar-refractivity contribution in [2.45, 2.75) is 26.7 Å². The van der Waals surface area contributed by atoms with Gasteiger partial charge in [0.2, 0.25) is 11.8 Å². The molecule has 0 spiro atoms. The molecule has 1 rings (SSSR count). The molecule has 19 heavy (non-hydrogen) atoms. The summed E-state index contributed by atoms with van der Waals surface area (Å²) in [5.74, 6) is 1.11. The second kappa shape index (κ2) is 7.74. The van der Waals surface area contributed by atoms with Gasteiger partial charge in [-0.3, -0.25) is 4.79 Å². The maximum Gasteiger partial charge on any atom is 0.237 e. The lowest BCUT2D eigenvalue weighted by atomic mass is 9.94. The van der Waals surface area contributed by atoms with Gasteiger partial charge in [0.25, 0.3) is 0 Å². The maximum atomic E-state index is 12.0. The number of pyridine rings is 1. The van der Waals surface area contributed by atoms with E-state index >= 15 is 0 Å². The number of aromatic nitrogens is 1. The molecule has 1 heterocycles. The van der Waals surface area contributed by atoms with Crippen LogP contribution < -0.4 is 15.8 Å². The van der Waals surface area contributed by atoms with Gasteiger partial charge in [-0.2, -0.15) is 0 Å². The number of hydrogen-bond donors (Lipinski definition) is 2. The van der Waals surface area contributed by atoms with Gasteiger partial charge in [-0.05, 0) is 36.9 Å². The van der Waals surface area contributed by atoms with Crippen molar-refractivity contribution in [3.63, 3.8) is 0 Å². The summed E-state index contributed by atoms with van der Waals surface area (Å²) in [5.41, 5.74) is 6.29. The topological polar surface area (TPSA) is 77.2 Å². The van der Waals surface area contributed by atoms with Crippen LogP contribution in [0.1, 0.15) is 26.7 Å². The number of carbonyl (C=O) groups excluding carboxylic acids is 1. The van der Waals surface area contributed by atoms with Crippen LogP contribution in [0.15, 0.2) is 18.3 Å². The molecule has 0 bridgehead atoms. The molecule has 1 aromatic heterocycles. The standard InChI is InChI=1S/C14H23N3O2/c1-10(2)7-11(9-15)8-13(18)17-12-5-4-6-16-14(12)19-3/h4-6,10-11H,7-9,15H2,1-3H3,(H,17,18)/t11-/m0/s1. The molecule has 0 aromatic carbocycles. The van der Waals surface area contributed by atoms with Crippen LogP contribution >= 0.6 is 0 Å². The number of nitrogens with zero attached hydrogens (tertiary/aromatic N) is 1. The molecule has 5 nitrogen and oxygen atoms in total. The Kier molecular flexibility index (Phi) is 6.29. The molecule has 0 aliphatic heterocycles. The average Bonchev–Trinajstić information content (AvgIpc) is 2.38. The Balaban J connectivity index is 2.59. The first-order chi connectivity index (χ1) is 9.06. The number of anilines is 1. The number of amides is 1. The Labute approximate surface area is 114 Å². The first-order valence-corrected chi connectivity index (χ1v) is 6.55. The number of nitrogens with one attached hydrogen (secondary N) is 1. The monoisotopic (exact) mass is 265 g/mol. The Morgan fingerprint density at radius 1 is 1.53 bits per heavy atom. The van der Waals surface area contributed by atoms with Crippen LogP contribution in [0.25, 0.3) is 0 Å². The third-order valence-corrected chi connectivity index (χ3v) is 2.85. The highest BCUT2D eigenvalue weighted by molar-refractivity contribution is 5.92. The number of methoxy groups -OCH3 is 1. The van der Waals surface area contributed by atoms with Crippen LogP contribution in [0, 0.1) is 11.8 Å². The number of hydrogen-bond acceptors (Lipinski definition) is 4. The molecule has 0 saturated heterocycles. The number of nitrogens with two attached hydrogens (primary N) is 1. The van der Waals surface area contributed by atoms with Gasteiger partial charge in [0.05, 0.1) is 7.11 Å². The Bertz CT molecular complexity index is 407. The maximum absolute atomic E-state index is 12.0. The highest BCUT2D eigenvalue weighted by Gasteiger charge is 2.15. The van der Waals surface area contributed by atoms with E-state index in [0.29, 0.717) is 30.5 Å². The largest absolute Gasteiger partial charge is 0.480 e. The zero-order valence-electron chi connectivity index (χ0n) is 11.8.